The molecule has 0 bridgehead atoms. The highest BCUT2D eigenvalue weighted by atomic mass is 16.5. The molecule has 1 unspecified atom stereocenters. The minimum Gasteiger partial charge on any atom is -0.463 e. The van der Waals surface area contributed by atoms with Crippen LogP contribution in [-0.4, -0.2) is 22.1 Å². The van der Waals surface area contributed by atoms with E-state index in [1.54, 1.807) is 11.5 Å². The van der Waals surface area contributed by atoms with Gasteiger partial charge in [0.15, 0.2) is 0 Å². The summed E-state index contributed by atoms with van der Waals surface area (Å²) in [6.07, 6.45) is 0.768. The van der Waals surface area contributed by atoms with E-state index < -0.39 is 5.92 Å². The summed E-state index contributed by atoms with van der Waals surface area (Å²) in [4.78, 5) is 30.7. The van der Waals surface area contributed by atoms with E-state index in [1.165, 1.54) is 0 Å². The first-order chi connectivity index (χ1) is 16.4. The van der Waals surface area contributed by atoms with Crippen LogP contribution in [0.15, 0.2) is 70.7 Å². The molecule has 4 rings (SSSR count). The zero-order chi connectivity index (χ0) is 24.2. The Kier molecular flexibility index (Phi) is 6.82. The Morgan fingerprint density at radius 1 is 1.09 bits per heavy atom. The minimum atomic E-state index is -0.458. The summed E-state index contributed by atoms with van der Waals surface area (Å²) in [6.45, 7) is 8.45. The molecule has 34 heavy (non-hydrogen) atoms. The average Bonchev–Trinajstić information content (AvgIpc) is 2.83. The van der Waals surface area contributed by atoms with Crippen molar-refractivity contribution in [2.24, 2.45) is 0 Å². The molecule has 176 valence electrons. The van der Waals surface area contributed by atoms with Gasteiger partial charge in [-0.15, -0.1) is 0 Å². The number of carbonyl (C=O) groups is 1. The highest BCUT2D eigenvalue weighted by Crippen LogP contribution is 2.45. The van der Waals surface area contributed by atoms with Crippen LogP contribution in [0.5, 0.6) is 0 Å². The van der Waals surface area contributed by atoms with Crippen LogP contribution in [0.25, 0.3) is 0 Å². The second-order valence-electron chi connectivity index (χ2n) is 8.38. The van der Waals surface area contributed by atoms with E-state index in [9.17, 15) is 9.59 Å². The van der Waals surface area contributed by atoms with Gasteiger partial charge in [0.2, 0.25) is 0 Å². The van der Waals surface area contributed by atoms with Gasteiger partial charge in [0, 0.05) is 23.5 Å². The van der Waals surface area contributed by atoms with Crippen molar-refractivity contribution in [2.75, 3.05) is 17.2 Å². The van der Waals surface area contributed by atoms with Crippen molar-refractivity contribution in [2.45, 2.75) is 46.6 Å². The number of allylic oxidation sites excluding steroid dienone is 1. The smallest absolute Gasteiger partial charge is 0.351 e. The van der Waals surface area contributed by atoms with Crippen LogP contribution in [0.3, 0.4) is 0 Å². The van der Waals surface area contributed by atoms with Crippen LogP contribution in [0.1, 0.15) is 49.8 Å². The first kappa shape index (κ1) is 23.3. The molecular formula is C27H30N4O3. The highest BCUT2D eigenvalue weighted by molar-refractivity contribution is 5.95. The molecule has 1 atom stereocenters. The Hall–Kier alpha value is -3.87. The maximum atomic E-state index is 13.2. The van der Waals surface area contributed by atoms with E-state index in [0.29, 0.717) is 29.5 Å². The number of carbonyl (C=O) groups excluding carboxylic acids is 1. The lowest BCUT2D eigenvalue weighted by Gasteiger charge is -2.33. The molecule has 1 aliphatic heterocycles. The second-order valence-corrected chi connectivity index (χ2v) is 8.38. The molecule has 0 aliphatic carbocycles. The molecule has 0 saturated heterocycles. The topological polar surface area (TPSA) is 85.2 Å². The Bertz CT molecular complexity index is 1280. The van der Waals surface area contributed by atoms with Crippen LogP contribution in [0, 0.1) is 6.92 Å². The first-order valence-electron chi connectivity index (χ1n) is 11.6. The van der Waals surface area contributed by atoms with Crippen molar-refractivity contribution in [1.29, 1.82) is 0 Å². The Morgan fingerprint density at radius 2 is 1.79 bits per heavy atom. The summed E-state index contributed by atoms with van der Waals surface area (Å²) in [5.74, 6) is 0.227. The number of benzene rings is 2. The monoisotopic (exact) mass is 458 g/mol. The fraction of sp³-hybridized carbons (Fsp3) is 0.296. The number of aromatic nitrogens is 2. The third-order valence-electron chi connectivity index (χ3n) is 5.90. The van der Waals surface area contributed by atoms with Crippen molar-refractivity contribution in [3.05, 3.63) is 93.0 Å². The van der Waals surface area contributed by atoms with Gasteiger partial charge in [-0.2, -0.15) is 4.98 Å². The number of esters is 1. The van der Waals surface area contributed by atoms with E-state index in [4.69, 9.17) is 4.74 Å². The van der Waals surface area contributed by atoms with Crippen LogP contribution in [0.4, 0.5) is 17.3 Å². The number of nitrogens with zero attached hydrogens (tertiary/aromatic N) is 2. The average molecular weight is 459 g/mol. The van der Waals surface area contributed by atoms with Gasteiger partial charge in [0.1, 0.15) is 11.6 Å². The summed E-state index contributed by atoms with van der Waals surface area (Å²) in [5.41, 5.74) is 4.43. The van der Waals surface area contributed by atoms with Gasteiger partial charge in [0.05, 0.1) is 18.1 Å². The zero-order valence-electron chi connectivity index (χ0n) is 20.0. The molecule has 1 aliphatic rings. The predicted molar refractivity (Wildman–Crippen MR) is 134 cm³/mol. The highest BCUT2D eigenvalue weighted by Gasteiger charge is 2.37. The van der Waals surface area contributed by atoms with Crippen LogP contribution < -0.4 is 16.3 Å². The van der Waals surface area contributed by atoms with Gasteiger partial charge in [-0.3, -0.25) is 4.57 Å². The van der Waals surface area contributed by atoms with Crippen molar-refractivity contribution in [3.8, 4) is 0 Å². The third-order valence-corrected chi connectivity index (χ3v) is 5.90. The van der Waals surface area contributed by atoms with Gasteiger partial charge in [-0.25, -0.2) is 9.59 Å². The molecule has 2 aromatic carbocycles. The third kappa shape index (κ3) is 4.46. The summed E-state index contributed by atoms with van der Waals surface area (Å²) in [7, 11) is 0. The Balaban J connectivity index is 1.99. The molecule has 0 radical (unpaired) electrons. The zero-order valence-corrected chi connectivity index (χ0v) is 20.0. The molecule has 0 amide bonds. The van der Waals surface area contributed by atoms with E-state index in [-0.39, 0.29) is 18.3 Å². The summed E-state index contributed by atoms with van der Waals surface area (Å²) < 4.78 is 7.10. The maximum Gasteiger partial charge on any atom is 0.351 e. The van der Waals surface area contributed by atoms with Gasteiger partial charge in [-0.05, 0) is 44.9 Å². The number of fused-ring (bicyclic) bond motifs is 1. The molecule has 0 saturated carbocycles. The fourth-order valence-corrected chi connectivity index (χ4v) is 4.34. The van der Waals surface area contributed by atoms with E-state index >= 15 is 0 Å². The lowest BCUT2D eigenvalue weighted by Crippen LogP contribution is -2.33. The van der Waals surface area contributed by atoms with Gasteiger partial charge >= 0.3 is 11.7 Å². The van der Waals surface area contributed by atoms with Crippen molar-refractivity contribution < 1.29 is 9.53 Å². The predicted octanol–water partition coefficient (Wildman–Crippen LogP) is 5.10. The number of hydrogen-bond donors (Lipinski definition) is 2. The molecule has 7 nitrogen and oxygen atoms in total. The lowest BCUT2D eigenvalue weighted by molar-refractivity contribution is -0.138. The Labute approximate surface area is 199 Å². The number of anilines is 3. The lowest BCUT2D eigenvalue weighted by atomic mass is 9.81. The van der Waals surface area contributed by atoms with Crippen LogP contribution in [-0.2, 0) is 16.1 Å². The molecule has 3 aromatic rings. The first-order valence-corrected chi connectivity index (χ1v) is 11.6. The largest absolute Gasteiger partial charge is 0.463 e. The second kappa shape index (κ2) is 9.95. The van der Waals surface area contributed by atoms with Crippen molar-refractivity contribution >= 4 is 23.3 Å². The van der Waals surface area contributed by atoms with E-state index in [1.807, 2.05) is 75.4 Å². The Morgan fingerprint density at radius 3 is 2.44 bits per heavy atom. The van der Waals surface area contributed by atoms with Crippen molar-refractivity contribution in [1.82, 2.24) is 9.55 Å². The quantitative estimate of drug-likeness (QED) is 0.479. The molecule has 2 N–H and O–H groups in total. The van der Waals surface area contributed by atoms with E-state index in [2.05, 4.69) is 15.6 Å². The standard InChI is InChI=1S/C27H30N4O3/c1-5-16-31-25-23(24(30-27(31)33)29-20-14-12-17(3)13-15-20)22(19-10-8-7-9-11-19)21(18(4)28-25)26(32)34-6-2/h7-15,22,28H,5-6,16H2,1-4H3,(H,29,30,33). The van der Waals surface area contributed by atoms with Gasteiger partial charge in [0.25, 0.3) is 0 Å². The molecular weight excluding hydrogens is 428 g/mol. The van der Waals surface area contributed by atoms with Crippen LogP contribution >= 0.6 is 0 Å². The van der Waals surface area contributed by atoms with Crippen LogP contribution in [0.2, 0.25) is 0 Å². The van der Waals surface area contributed by atoms with Gasteiger partial charge < -0.3 is 15.4 Å². The minimum absolute atomic E-state index is 0.270. The van der Waals surface area contributed by atoms with Crippen molar-refractivity contribution in [3.63, 3.8) is 0 Å². The molecule has 0 spiro atoms. The molecule has 0 fully saturated rings. The number of aryl methyl sites for hydroxylation is 1. The summed E-state index contributed by atoms with van der Waals surface area (Å²) >= 11 is 0. The number of ether oxygens (including phenoxy) is 1. The molecule has 1 aromatic heterocycles. The SMILES string of the molecule is CCCn1c2c(c(Nc3ccc(C)cc3)nc1=O)C(c1ccccc1)C(C(=O)OCC)=C(C)N2. The normalized spacial score (nSPS) is 14.9. The summed E-state index contributed by atoms with van der Waals surface area (Å²) in [6, 6.07) is 17.7. The van der Waals surface area contributed by atoms with Gasteiger partial charge in [-0.1, -0.05) is 55.0 Å². The molecule has 7 heteroatoms. The maximum absolute atomic E-state index is 13.2. The fourth-order valence-electron chi connectivity index (χ4n) is 4.34. The summed E-state index contributed by atoms with van der Waals surface area (Å²) in [5, 5.41) is 6.68. The number of rotatable bonds is 7. The number of nitrogens with one attached hydrogen (secondary N) is 2. The molecule has 2 heterocycles. The number of hydrogen-bond acceptors (Lipinski definition) is 6. The van der Waals surface area contributed by atoms with E-state index in [0.717, 1.165) is 28.8 Å².